The molecular weight excluding hydrogens is 509 g/mol. The lowest BCUT2D eigenvalue weighted by Crippen LogP contribution is -2.22. The third kappa shape index (κ3) is 10.5. The molecule has 2 atom stereocenters. The molecule has 0 fully saturated rings. The van der Waals surface area contributed by atoms with Gasteiger partial charge in [0.05, 0.1) is 17.4 Å². The first-order chi connectivity index (χ1) is 18.2. The molecule has 0 aliphatic rings. The van der Waals surface area contributed by atoms with Crippen LogP contribution in [0, 0.1) is 18.8 Å². The summed E-state index contributed by atoms with van der Waals surface area (Å²) >= 11 is 0. The molecule has 1 unspecified atom stereocenters. The van der Waals surface area contributed by atoms with Crippen molar-refractivity contribution in [1.82, 2.24) is 0 Å². The van der Waals surface area contributed by atoms with E-state index < -0.39 is 23.6 Å². The lowest BCUT2D eigenvalue weighted by Gasteiger charge is -2.21. The van der Waals surface area contributed by atoms with Gasteiger partial charge in [0.2, 0.25) is 0 Å². The van der Waals surface area contributed by atoms with Crippen LogP contribution < -0.4 is 10.6 Å². The molecule has 0 bridgehead atoms. The molecule has 6 nitrogen and oxygen atoms in total. The summed E-state index contributed by atoms with van der Waals surface area (Å²) in [5.41, 5.74) is 2.35. The molecule has 0 spiro atoms. The lowest BCUT2D eigenvalue weighted by molar-refractivity contribution is -0.150. The van der Waals surface area contributed by atoms with E-state index in [1.54, 1.807) is 27.7 Å². The first-order valence-corrected chi connectivity index (χ1v) is 13.3. The highest BCUT2D eigenvalue weighted by molar-refractivity contribution is 5.72. The Morgan fingerprint density at radius 3 is 1.90 bits per heavy atom. The summed E-state index contributed by atoms with van der Waals surface area (Å²) in [6.07, 6.45) is -3.66. The summed E-state index contributed by atoms with van der Waals surface area (Å²) in [7, 11) is 0. The van der Waals surface area contributed by atoms with Crippen molar-refractivity contribution in [3.63, 3.8) is 0 Å². The summed E-state index contributed by atoms with van der Waals surface area (Å²) in [5.74, 6) is -1.59. The highest BCUT2D eigenvalue weighted by Gasteiger charge is 2.34. The Morgan fingerprint density at radius 2 is 1.36 bits per heavy atom. The number of hydrogen-bond donors (Lipinski definition) is 2. The summed E-state index contributed by atoms with van der Waals surface area (Å²) in [4.78, 5) is 24.2. The maximum atomic E-state index is 13.7. The Hall–Kier alpha value is -3.23. The normalized spacial score (nSPS) is 13.2. The van der Waals surface area contributed by atoms with Crippen LogP contribution in [0.4, 0.5) is 24.5 Å². The Labute approximate surface area is 229 Å². The van der Waals surface area contributed by atoms with Crippen molar-refractivity contribution in [3.8, 4) is 0 Å². The van der Waals surface area contributed by atoms with Gasteiger partial charge in [-0.25, -0.2) is 0 Å². The highest BCUT2D eigenvalue weighted by atomic mass is 19.4. The maximum Gasteiger partial charge on any atom is 0.418 e. The molecule has 2 aromatic carbocycles. The van der Waals surface area contributed by atoms with Gasteiger partial charge in [-0.1, -0.05) is 39.0 Å². The second-order valence-corrected chi connectivity index (χ2v) is 10.7. The Balaban J connectivity index is 1.91. The molecule has 0 saturated heterocycles. The number of ether oxygens (including phenoxy) is 2. The van der Waals surface area contributed by atoms with Crippen LogP contribution in [0.15, 0.2) is 36.4 Å². The molecule has 0 aliphatic heterocycles. The first-order valence-electron chi connectivity index (χ1n) is 13.3. The molecule has 2 N–H and O–H groups in total. The minimum atomic E-state index is -4.58. The van der Waals surface area contributed by atoms with Crippen molar-refractivity contribution in [2.45, 2.75) is 92.8 Å². The van der Waals surface area contributed by atoms with Crippen LogP contribution in [0.1, 0.15) is 76.6 Å². The first kappa shape index (κ1) is 32.0. The second-order valence-electron chi connectivity index (χ2n) is 10.7. The smallest absolute Gasteiger partial charge is 0.418 e. The van der Waals surface area contributed by atoms with Crippen molar-refractivity contribution in [2.75, 3.05) is 10.6 Å². The van der Waals surface area contributed by atoms with Crippen molar-refractivity contribution >= 4 is 23.3 Å². The predicted octanol–water partition coefficient (Wildman–Crippen LogP) is 7.49. The number of esters is 2. The standard InChI is InChI=1S/C30H41F3N2O4/c1-18(2)28(36)38-17-24-11-13-27(25(15-24)30(31,32)33)35-22(7)9-8-20(5)29(37)39-16-23-10-12-26(21(6)14-23)34-19(3)4/h10-15,18-20,22,34-35H,8-9,16-17H2,1-7H3/t20-,22?/m1/s1. The average molecular weight is 551 g/mol. The zero-order valence-electron chi connectivity index (χ0n) is 23.9. The number of aryl methyl sites for hydroxylation is 1. The van der Waals surface area contributed by atoms with Gasteiger partial charge in [0.25, 0.3) is 0 Å². The summed E-state index contributed by atoms with van der Waals surface area (Å²) in [6.45, 7) is 12.9. The largest absolute Gasteiger partial charge is 0.461 e. The molecule has 0 aromatic heterocycles. The van der Waals surface area contributed by atoms with Crippen molar-refractivity contribution in [3.05, 3.63) is 58.7 Å². The maximum absolute atomic E-state index is 13.7. The summed E-state index contributed by atoms with van der Waals surface area (Å²) < 4.78 is 51.8. The zero-order chi connectivity index (χ0) is 29.3. The van der Waals surface area contributed by atoms with E-state index in [0.29, 0.717) is 18.9 Å². The van der Waals surface area contributed by atoms with E-state index in [0.717, 1.165) is 22.9 Å². The van der Waals surface area contributed by atoms with E-state index in [9.17, 15) is 22.8 Å². The number of anilines is 2. The second kappa shape index (κ2) is 14.2. The number of carbonyl (C=O) groups excluding carboxylic acids is 2. The van der Waals surface area contributed by atoms with Gasteiger partial charge in [-0.2, -0.15) is 13.2 Å². The number of hydrogen-bond acceptors (Lipinski definition) is 6. The van der Waals surface area contributed by atoms with E-state index >= 15 is 0 Å². The summed E-state index contributed by atoms with van der Waals surface area (Å²) in [5, 5.41) is 6.28. The van der Waals surface area contributed by atoms with E-state index in [1.807, 2.05) is 25.1 Å². The fourth-order valence-corrected chi connectivity index (χ4v) is 3.90. The minimum Gasteiger partial charge on any atom is -0.461 e. The van der Waals surface area contributed by atoms with Crippen molar-refractivity contribution in [2.24, 2.45) is 11.8 Å². The number of rotatable bonds is 13. The molecular formula is C30H41F3N2O4. The van der Waals surface area contributed by atoms with Crippen molar-refractivity contribution < 1.29 is 32.2 Å². The summed E-state index contributed by atoms with van der Waals surface area (Å²) in [6, 6.07) is 9.70. The monoisotopic (exact) mass is 550 g/mol. The van der Waals surface area contributed by atoms with E-state index in [1.165, 1.54) is 12.1 Å². The van der Waals surface area contributed by atoms with Crippen LogP contribution in [0.25, 0.3) is 0 Å². The third-order valence-electron chi connectivity index (χ3n) is 6.19. The van der Waals surface area contributed by atoms with Gasteiger partial charge < -0.3 is 20.1 Å². The van der Waals surface area contributed by atoms with E-state index in [2.05, 4.69) is 24.5 Å². The molecule has 0 radical (unpaired) electrons. The third-order valence-corrected chi connectivity index (χ3v) is 6.19. The topological polar surface area (TPSA) is 76.7 Å². The van der Waals surface area contributed by atoms with Crippen LogP contribution >= 0.6 is 0 Å². The van der Waals surface area contributed by atoms with Crippen molar-refractivity contribution in [1.29, 1.82) is 0 Å². The molecule has 0 aliphatic carbocycles. The van der Waals surface area contributed by atoms with Gasteiger partial charge in [0.1, 0.15) is 13.2 Å². The average Bonchev–Trinajstić information content (AvgIpc) is 2.85. The predicted molar refractivity (Wildman–Crippen MR) is 147 cm³/mol. The van der Waals surface area contributed by atoms with Crippen LogP contribution in [0.3, 0.4) is 0 Å². The number of nitrogens with one attached hydrogen (secondary N) is 2. The highest BCUT2D eigenvalue weighted by Crippen LogP contribution is 2.36. The lowest BCUT2D eigenvalue weighted by atomic mass is 10.0. The Kier molecular flexibility index (Phi) is 11.7. The number of halogens is 3. The van der Waals surface area contributed by atoms with Crippen LogP contribution in [0.5, 0.6) is 0 Å². The van der Waals surface area contributed by atoms with Crippen LogP contribution in [-0.2, 0) is 38.5 Å². The molecule has 216 valence electrons. The van der Waals surface area contributed by atoms with Gasteiger partial charge in [-0.05, 0) is 75.4 Å². The fourth-order valence-electron chi connectivity index (χ4n) is 3.90. The molecule has 39 heavy (non-hydrogen) atoms. The van der Waals surface area contributed by atoms with Crippen LogP contribution in [-0.4, -0.2) is 24.0 Å². The molecule has 0 saturated carbocycles. The van der Waals surface area contributed by atoms with Crippen LogP contribution in [0.2, 0.25) is 0 Å². The van der Waals surface area contributed by atoms with E-state index in [4.69, 9.17) is 9.47 Å². The molecule has 2 aromatic rings. The minimum absolute atomic E-state index is 0.0602. The number of benzene rings is 2. The quantitative estimate of drug-likeness (QED) is 0.252. The number of alkyl halides is 3. The Morgan fingerprint density at radius 1 is 0.795 bits per heavy atom. The zero-order valence-corrected chi connectivity index (χ0v) is 23.9. The SMILES string of the molecule is Cc1cc(COC(=O)[C@H](C)CCC(C)Nc2ccc(COC(=O)C(C)C)cc2C(F)(F)F)ccc1NC(C)C. The molecule has 9 heteroatoms. The van der Waals surface area contributed by atoms with E-state index in [-0.39, 0.29) is 42.4 Å². The number of carbonyl (C=O) groups is 2. The fraction of sp³-hybridized carbons (Fsp3) is 0.533. The van der Waals surface area contributed by atoms with Gasteiger partial charge >= 0.3 is 18.1 Å². The van der Waals surface area contributed by atoms with Gasteiger partial charge in [0, 0.05) is 23.5 Å². The Bertz CT molecular complexity index is 1120. The molecule has 2 rings (SSSR count). The van der Waals surface area contributed by atoms with Gasteiger partial charge in [0.15, 0.2) is 0 Å². The molecule has 0 heterocycles. The van der Waals surface area contributed by atoms with Gasteiger partial charge in [-0.15, -0.1) is 0 Å². The van der Waals surface area contributed by atoms with Gasteiger partial charge in [-0.3, -0.25) is 9.59 Å². The molecule has 0 amide bonds.